The van der Waals surface area contributed by atoms with Crippen LogP contribution >= 0.6 is 0 Å². The van der Waals surface area contributed by atoms with E-state index in [4.69, 9.17) is 5.21 Å². The summed E-state index contributed by atoms with van der Waals surface area (Å²) in [5.74, 6) is 0. The summed E-state index contributed by atoms with van der Waals surface area (Å²) in [6.07, 6.45) is 6.89. The standard InChI is InChI=1S/C9H20NO/c1-3-5-6-8-9(10-11)7-4-2/h9,11H,3-8H2,1-2H3. The van der Waals surface area contributed by atoms with Crippen LogP contribution in [0.4, 0.5) is 0 Å². The molecule has 0 amide bonds. The van der Waals surface area contributed by atoms with Crippen LogP contribution < -0.4 is 5.48 Å². The molecule has 0 fully saturated rings. The summed E-state index contributed by atoms with van der Waals surface area (Å²) in [5.41, 5.74) is 3.35. The van der Waals surface area contributed by atoms with Gasteiger partial charge in [0.05, 0.1) is 6.04 Å². The van der Waals surface area contributed by atoms with Crippen LogP contribution in [-0.4, -0.2) is 11.2 Å². The second-order valence-corrected chi connectivity index (χ2v) is 3.05. The molecule has 0 heterocycles. The predicted molar refractivity (Wildman–Crippen MR) is 46.8 cm³/mol. The van der Waals surface area contributed by atoms with Crippen LogP contribution in [0.3, 0.4) is 0 Å². The lowest BCUT2D eigenvalue weighted by atomic mass is 10.1. The fourth-order valence-electron chi connectivity index (χ4n) is 1.22. The molecule has 0 bridgehead atoms. The number of unbranched alkanes of at least 4 members (excludes halogenated alkanes) is 2. The molecule has 0 aromatic carbocycles. The first-order chi connectivity index (χ1) is 5.35. The van der Waals surface area contributed by atoms with Crippen molar-refractivity contribution >= 4 is 0 Å². The molecular weight excluding hydrogens is 138 g/mol. The Bertz CT molecular complexity index is 76.0. The lowest BCUT2D eigenvalue weighted by molar-refractivity contribution is 0.105. The molecule has 0 aromatic heterocycles. The fourth-order valence-corrected chi connectivity index (χ4v) is 1.22. The summed E-state index contributed by atoms with van der Waals surface area (Å²) in [5, 5.41) is 8.58. The van der Waals surface area contributed by atoms with Gasteiger partial charge >= 0.3 is 0 Å². The molecule has 1 unspecified atom stereocenters. The van der Waals surface area contributed by atoms with E-state index < -0.39 is 0 Å². The predicted octanol–water partition coefficient (Wildman–Crippen LogP) is 2.73. The van der Waals surface area contributed by atoms with Crippen molar-refractivity contribution in [2.75, 3.05) is 0 Å². The average molecular weight is 158 g/mol. The van der Waals surface area contributed by atoms with E-state index in [1.54, 1.807) is 0 Å². The van der Waals surface area contributed by atoms with Crippen molar-refractivity contribution in [2.24, 2.45) is 0 Å². The van der Waals surface area contributed by atoms with Crippen molar-refractivity contribution in [3.63, 3.8) is 0 Å². The minimum atomic E-state index is 0.201. The first kappa shape index (κ1) is 10.9. The topological polar surface area (TPSA) is 34.3 Å². The van der Waals surface area contributed by atoms with Crippen molar-refractivity contribution in [3.8, 4) is 0 Å². The van der Waals surface area contributed by atoms with E-state index in [-0.39, 0.29) is 6.04 Å². The molecule has 0 saturated carbocycles. The summed E-state index contributed by atoms with van der Waals surface area (Å²) in [4.78, 5) is 0. The van der Waals surface area contributed by atoms with Crippen LogP contribution in [0.5, 0.6) is 0 Å². The van der Waals surface area contributed by atoms with E-state index >= 15 is 0 Å². The first-order valence-electron chi connectivity index (χ1n) is 4.69. The van der Waals surface area contributed by atoms with Gasteiger partial charge in [0, 0.05) is 0 Å². The molecule has 1 radical (unpaired) electrons. The maximum absolute atomic E-state index is 8.58. The monoisotopic (exact) mass is 158 g/mol. The van der Waals surface area contributed by atoms with E-state index in [2.05, 4.69) is 19.3 Å². The molecule has 0 rings (SSSR count). The van der Waals surface area contributed by atoms with E-state index in [1.807, 2.05) is 0 Å². The fraction of sp³-hybridized carbons (Fsp3) is 1.00. The highest BCUT2D eigenvalue weighted by Crippen LogP contribution is 2.08. The molecule has 11 heavy (non-hydrogen) atoms. The Morgan fingerprint density at radius 2 is 1.82 bits per heavy atom. The van der Waals surface area contributed by atoms with Gasteiger partial charge in [0.1, 0.15) is 0 Å². The van der Waals surface area contributed by atoms with Crippen molar-refractivity contribution in [1.82, 2.24) is 5.48 Å². The SMILES string of the molecule is CCCCCC(CCC)[N]O. The zero-order chi connectivity index (χ0) is 8.53. The Hall–Kier alpha value is -0.0800. The van der Waals surface area contributed by atoms with Crippen LogP contribution in [0, 0.1) is 0 Å². The largest absolute Gasteiger partial charge is 0.297 e. The molecule has 0 aromatic rings. The molecule has 1 N–H and O–H groups in total. The first-order valence-corrected chi connectivity index (χ1v) is 4.69. The van der Waals surface area contributed by atoms with Gasteiger partial charge < -0.3 is 0 Å². The smallest absolute Gasteiger partial charge is 0.0535 e. The molecule has 0 aliphatic rings. The van der Waals surface area contributed by atoms with Gasteiger partial charge in [0.25, 0.3) is 0 Å². The van der Waals surface area contributed by atoms with E-state index in [0.717, 1.165) is 19.3 Å². The third-order valence-electron chi connectivity index (χ3n) is 1.93. The Kier molecular flexibility index (Phi) is 7.96. The Morgan fingerprint density at radius 1 is 1.09 bits per heavy atom. The Balaban J connectivity index is 3.20. The lowest BCUT2D eigenvalue weighted by Crippen LogP contribution is -2.18. The summed E-state index contributed by atoms with van der Waals surface area (Å²) in [7, 11) is 0. The van der Waals surface area contributed by atoms with Gasteiger partial charge in [-0.25, -0.2) is 0 Å². The van der Waals surface area contributed by atoms with E-state index in [0.29, 0.717) is 0 Å². The van der Waals surface area contributed by atoms with E-state index in [9.17, 15) is 0 Å². The molecule has 2 heteroatoms. The number of hydroxylamine groups is 1. The molecule has 2 nitrogen and oxygen atoms in total. The zero-order valence-corrected chi connectivity index (χ0v) is 7.71. The van der Waals surface area contributed by atoms with Crippen LogP contribution in [0.1, 0.15) is 52.4 Å². The van der Waals surface area contributed by atoms with Gasteiger partial charge in [-0.3, -0.25) is 5.21 Å². The minimum Gasteiger partial charge on any atom is -0.297 e. The van der Waals surface area contributed by atoms with Gasteiger partial charge in [-0.05, 0) is 12.8 Å². The normalized spacial score (nSPS) is 13.4. The number of nitrogens with zero attached hydrogens (tertiary/aromatic N) is 1. The second kappa shape index (κ2) is 8.02. The average Bonchev–Trinajstić information content (AvgIpc) is 2.03. The highest BCUT2D eigenvalue weighted by molar-refractivity contribution is 4.60. The second-order valence-electron chi connectivity index (χ2n) is 3.05. The van der Waals surface area contributed by atoms with Crippen LogP contribution in [-0.2, 0) is 0 Å². The van der Waals surface area contributed by atoms with Gasteiger partial charge in [-0.1, -0.05) is 45.0 Å². The maximum Gasteiger partial charge on any atom is 0.0535 e. The molecule has 0 aliphatic heterocycles. The van der Waals surface area contributed by atoms with Gasteiger partial charge in [0.15, 0.2) is 0 Å². The zero-order valence-electron chi connectivity index (χ0n) is 7.71. The van der Waals surface area contributed by atoms with Gasteiger partial charge in [0.2, 0.25) is 0 Å². The summed E-state index contributed by atoms with van der Waals surface area (Å²) in [6, 6.07) is 0.201. The third kappa shape index (κ3) is 6.32. The lowest BCUT2D eigenvalue weighted by Gasteiger charge is -2.10. The van der Waals surface area contributed by atoms with Crippen LogP contribution in [0.15, 0.2) is 0 Å². The Labute approximate surface area is 70.0 Å². The van der Waals surface area contributed by atoms with Crippen LogP contribution in [0.25, 0.3) is 0 Å². The van der Waals surface area contributed by atoms with Crippen LogP contribution in [0.2, 0.25) is 0 Å². The Morgan fingerprint density at radius 3 is 2.27 bits per heavy atom. The molecule has 0 spiro atoms. The summed E-state index contributed by atoms with van der Waals surface area (Å²) < 4.78 is 0. The summed E-state index contributed by atoms with van der Waals surface area (Å²) in [6.45, 7) is 4.31. The highest BCUT2D eigenvalue weighted by atomic mass is 16.5. The number of hydrogen-bond donors (Lipinski definition) is 1. The molecule has 67 valence electrons. The molecule has 0 aliphatic carbocycles. The van der Waals surface area contributed by atoms with Gasteiger partial charge in [-0.15, -0.1) is 0 Å². The highest BCUT2D eigenvalue weighted by Gasteiger charge is 2.05. The molecule has 0 saturated heterocycles. The molecule has 1 atom stereocenters. The van der Waals surface area contributed by atoms with Crippen molar-refractivity contribution in [2.45, 2.75) is 58.4 Å². The van der Waals surface area contributed by atoms with Crippen molar-refractivity contribution < 1.29 is 5.21 Å². The summed E-state index contributed by atoms with van der Waals surface area (Å²) >= 11 is 0. The van der Waals surface area contributed by atoms with E-state index in [1.165, 1.54) is 19.3 Å². The maximum atomic E-state index is 8.58. The molecular formula is C9H20NO. The van der Waals surface area contributed by atoms with Crippen molar-refractivity contribution in [3.05, 3.63) is 0 Å². The minimum absolute atomic E-state index is 0.201. The quantitative estimate of drug-likeness (QED) is 0.448. The number of rotatable bonds is 7. The third-order valence-corrected chi connectivity index (χ3v) is 1.93. The van der Waals surface area contributed by atoms with Gasteiger partial charge in [-0.2, -0.15) is 0 Å². The van der Waals surface area contributed by atoms with Crippen molar-refractivity contribution in [1.29, 1.82) is 0 Å². The number of hydrogen-bond acceptors (Lipinski definition) is 1.